The monoisotopic (exact) mass is 246 g/mol. The highest BCUT2D eigenvalue weighted by molar-refractivity contribution is 7.99. The van der Waals surface area contributed by atoms with Gasteiger partial charge in [-0.1, -0.05) is 17.7 Å². The second-order valence-corrected chi connectivity index (χ2v) is 4.92. The predicted molar refractivity (Wildman–Crippen MR) is 68.0 cm³/mol. The van der Waals surface area contributed by atoms with Crippen molar-refractivity contribution in [1.82, 2.24) is 9.97 Å². The molecule has 0 saturated heterocycles. The Bertz CT molecular complexity index is 511. The standard InChI is InChI=1S/C13H14N2OS/c1-9-3-4-12(11(5-9)8-16)17-13-14-6-10(2)7-15-13/h3-7,16H,8H2,1-2H3. The van der Waals surface area contributed by atoms with Crippen LogP contribution in [0.25, 0.3) is 0 Å². The van der Waals surface area contributed by atoms with Gasteiger partial charge in [-0.15, -0.1) is 0 Å². The van der Waals surface area contributed by atoms with E-state index in [9.17, 15) is 5.11 Å². The van der Waals surface area contributed by atoms with Crippen LogP contribution in [0.2, 0.25) is 0 Å². The van der Waals surface area contributed by atoms with Crippen molar-refractivity contribution in [3.63, 3.8) is 0 Å². The molecule has 2 rings (SSSR count). The fraction of sp³-hybridized carbons (Fsp3) is 0.231. The van der Waals surface area contributed by atoms with Gasteiger partial charge in [0.1, 0.15) is 0 Å². The lowest BCUT2D eigenvalue weighted by Gasteiger charge is -2.07. The zero-order valence-electron chi connectivity index (χ0n) is 9.84. The van der Waals surface area contributed by atoms with Crippen molar-refractivity contribution in [2.75, 3.05) is 0 Å². The average molecular weight is 246 g/mol. The number of aryl methyl sites for hydroxylation is 2. The zero-order valence-corrected chi connectivity index (χ0v) is 10.7. The van der Waals surface area contributed by atoms with Gasteiger partial charge in [-0.3, -0.25) is 0 Å². The summed E-state index contributed by atoms with van der Waals surface area (Å²) < 4.78 is 0. The Morgan fingerprint density at radius 1 is 1.12 bits per heavy atom. The Labute approximate surface area is 105 Å². The molecule has 0 saturated carbocycles. The maximum Gasteiger partial charge on any atom is 0.192 e. The number of nitrogens with zero attached hydrogens (tertiary/aromatic N) is 2. The Hall–Kier alpha value is -1.39. The van der Waals surface area contributed by atoms with Gasteiger partial charge in [-0.05, 0) is 42.8 Å². The Morgan fingerprint density at radius 3 is 2.47 bits per heavy atom. The average Bonchev–Trinajstić information content (AvgIpc) is 2.34. The summed E-state index contributed by atoms with van der Waals surface area (Å²) in [5, 5.41) is 10.0. The first-order valence-electron chi connectivity index (χ1n) is 5.36. The molecular formula is C13H14N2OS. The van der Waals surface area contributed by atoms with E-state index in [-0.39, 0.29) is 6.61 Å². The van der Waals surface area contributed by atoms with Crippen LogP contribution in [-0.4, -0.2) is 15.1 Å². The lowest BCUT2D eigenvalue weighted by molar-refractivity contribution is 0.279. The maximum atomic E-state index is 9.31. The van der Waals surface area contributed by atoms with Gasteiger partial charge in [-0.25, -0.2) is 9.97 Å². The molecule has 0 fully saturated rings. The third kappa shape index (κ3) is 3.05. The summed E-state index contributed by atoms with van der Waals surface area (Å²) in [4.78, 5) is 9.49. The van der Waals surface area contributed by atoms with Crippen molar-refractivity contribution >= 4 is 11.8 Å². The van der Waals surface area contributed by atoms with E-state index in [0.717, 1.165) is 21.6 Å². The minimum atomic E-state index is 0.0376. The van der Waals surface area contributed by atoms with Crippen molar-refractivity contribution in [2.45, 2.75) is 30.5 Å². The number of hydrogen-bond acceptors (Lipinski definition) is 4. The first-order chi connectivity index (χ1) is 8.19. The van der Waals surface area contributed by atoms with Crippen LogP contribution in [0.1, 0.15) is 16.7 Å². The molecule has 88 valence electrons. The molecule has 17 heavy (non-hydrogen) atoms. The number of aromatic nitrogens is 2. The molecule has 0 bridgehead atoms. The van der Waals surface area contributed by atoms with E-state index in [0.29, 0.717) is 5.16 Å². The maximum absolute atomic E-state index is 9.31. The van der Waals surface area contributed by atoms with Gasteiger partial charge >= 0.3 is 0 Å². The molecule has 0 aliphatic heterocycles. The van der Waals surface area contributed by atoms with Crippen LogP contribution < -0.4 is 0 Å². The quantitative estimate of drug-likeness (QED) is 0.846. The minimum absolute atomic E-state index is 0.0376. The molecular weight excluding hydrogens is 232 g/mol. The van der Waals surface area contributed by atoms with Gasteiger partial charge in [0, 0.05) is 17.3 Å². The van der Waals surface area contributed by atoms with Crippen molar-refractivity contribution < 1.29 is 5.11 Å². The normalized spacial score (nSPS) is 10.5. The summed E-state index contributed by atoms with van der Waals surface area (Å²) in [5.74, 6) is 0. The van der Waals surface area contributed by atoms with Crippen molar-refractivity contribution in [3.05, 3.63) is 47.3 Å². The van der Waals surface area contributed by atoms with Crippen LogP contribution >= 0.6 is 11.8 Å². The molecule has 1 N–H and O–H groups in total. The van der Waals surface area contributed by atoms with Gasteiger partial charge < -0.3 is 5.11 Å². The van der Waals surface area contributed by atoms with E-state index in [1.54, 1.807) is 12.4 Å². The van der Waals surface area contributed by atoms with E-state index in [1.165, 1.54) is 11.8 Å². The lowest BCUT2D eigenvalue weighted by Crippen LogP contribution is -1.91. The highest BCUT2D eigenvalue weighted by atomic mass is 32.2. The first kappa shape index (κ1) is 12.1. The topological polar surface area (TPSA) is 46.0 Å². The second kappa shape index (κ2) is 5.29. The Kier molecular flexibility index (Phi) is 3.76. The molecule has 2 aromatic rings. The Morgan fingerprint density at radius 2 is 1.82 bits per heavy atom. The fourth-order valence-corrected chi connectivity index (χ4v) is 2.26. The molecule has 0 amide bonds. The molecule has 0 spiro atoms. The summed E-state index contributed by atoms with van der Waals surface area (Å²) in [6.45, 7) is 4.01. The summed E-state index contributed by atoms with van der Waals surface area (Å²) in [7, 11) is 0. The fourth-order valence-electron chi connectivity index (χ4n) is 1.46. The summed E-state index contributed by atoms with van der Waals surface area (Å²) in [6, 6.07) is 6.00. The third-order valence-corrected chi connectivity index (χ3v) is 3.36. The molecule has 1 aromatic heterocycles. The number of benzene rings is 1. The predicted octanol–water partition coefficient (Wildman–Crippen LogP) is 2.74. The molecule has 0 atom stereocenters. The van der Waals surface area contributed by atoms with Crippen LogP contribution in [0, 0.1) is 13.8 Å². The summed E-state index contributed by atoms with van der Waals surface area (Å²) in [5.41, 5.74) is 3.10. The van der Waals surface area contributed by atoms with E-state index >= 15 is 0 Å². The Balaban J connectivity index is 2.26. The number of rotatable bonds is 3. The van der Waals surface area contributed by atoms with Gasteiger partial charge in [-0.2, -0.15) is 0 Å². The van der Waals surface area contributed by atoms with Crippen molar-refractivity contribution in [3.8, 4) is 0 Å². The molecule has 4 heteroatoms. The van der Waals surface area contributed by atoms with Gasteiger partial charge in [0.05, 0.1) is 6.61 Å². The zero-order chi connectivity index (χ0) is 12.3. The van der Waals surface area contributed by atoms with Gasteiger partial charge in [0.15, 0.2) is 5.16 Å². The van der Waals surface area contributed by atoms with Crippen LogP contribution in [0.4, 0.5) is 0 Å². The van der Waals surface area contributed by atoms with Crippen LogP contribution in [0.15, 0.2) is 40.6 Å². The second-order valence-electron chi connectivity index (χ2n) is 3.91. The SMILES string of the molecule is Cc1cnc(Sc2ccc(C)cc2CO)nc1. The molecule has 1 heterocycles. The van der Waals surface area contributed by atoms with Gasteiger partial charge in [0.2, 0.25) is 0 Å². The lowest BCUT2D eigenvalue weighted by atomic mass is 10.1. The van der Waals surface area contributed by atoms with Gasteiger partial charge in [0.25, 0.3) is 0 Å². The van der Waals surface area contributed by atoms with Crippen LogP contribution in [0.5, 0.6) is 0 Å². The van der Waals surface area contributed by atoms with Crippen molar-refractivity contribution in [2.24, 2.45) is 0 Å². The van der Waals surface area contributed by atoms with E-state index in [1.807, 2.05) is 32.0 Å². The highest BCUT2D eigenvalue weighted by Crippen LogP contribution is 2.28. The summed E-state index contributed by atoms with van der Waals surface area (Å²) >= 11 is 1.47. The van der Waals surface area contributed by atoms with E-state index in [2.05, 4.69) is 9.97 Å². The molecule has 0 unspecified atom stereocenters. The van der Waals surface area contributed by atoms with E-state index in [4.69, 9.17) is 0 Å². The molecule has 0 aliphatic rings. The highest BCUT2D eigenvalue weighted by Gasteiger charge is 2.05. The van der Waals surface area contributed by atoms with Crippen LogP contribution in [0.3, 0.4) is 0 Å². The molecule has 0 radical (unpaired) electrons. The molecule has 3 nitrogen and oxygen atoms in total. The number of aliphatic hydroxyl groups excluding tert-OH is 1. The smallest absolute Gasteiger partial charge is 0.192 e. The third-order valence-electron chi connectivity index (χ3n) is 2.34. The number of aliphatic hydroxyl groups is 1. The summed E-state index contributed by atoms with van der Waals surface area (Å²) in [6.07, 6.45) is 3.59. The number of hydrogen-bond donors (Lipinski definition) is 1. The molecule has 1 aromatic carbocycles. The van der Waals surface area contributed by atoms with Crippen molar-refractivity contribution in [1.29, 1.82) is 0 Å². The van der Waals surface area contributed by atoms with E-state index < -0.39 is 0 Å². The first-order valence-corrected chi connectivity index (χ1v) is 6.17. The van der Waals surface area contributed by atoms with Crippen LogP contribution in [-0.2, 0) is 6.61 Å². The minimum Gasteiger partial charge on any atom is -0.392 e. The molecule has 0 aliphatic carbocycles. The largest absolute Gasteiger partial charge is 0.392 e.